The van der Waals surface area contributed by atoms with Gasteiger partial charge in [-0.3, -0.25) is 0 Å². The van der Waals surface area contributed by atoms with E-state index in [1.54, 1.807) is 0 Å². The summed E-state index contributed by atoms with van der Waals surface area (Å²) in [5.41, 5.74) is 1.23. The first-order chi connectivity index (χ1) is 10.1. The third-order valence-corrected chi connectivity index (χ3v) is 5.69. The van der Waals surface area contributed by atoms with Gasteiger partial charge in [-0.2, -0.15) is 0 Å². The third kappa shape index (κ3) is 3.44. The van der Waals surface area contributed by atoms with E-state index >= 15 is 0 Å². The molecule has 0 spiro atoms. The highest BCUT2D eigenvalue weighted by atomic mass is 35.5. The fourth-order valence-corrected chi connectivity index (χ4v) is 4.30. The highest BCUT2D eigenvalue weighted by molar-refractivity contribution is 6.31. The lowest BCUT2D eigenvalue weighted by Crippen LogP contribution is -2.58. The zero-order chi connectivity index (χ0) is 14.8. The van der Waals surface area contributed by atoms with Gasteiger partial charge in [0.2, 0.25) is 0 Å². The van der Waals surface area contributed by atoms with Crippen LogP contribution in [0.15, 0.2) is 24.3 Å². The Bertz CT molecular complexity index is 460. The molecule has 21 heavy (non-hydrogen) atoms. The molecule has 116 valence electrons. The van der Waals surface area contributed by atoms with Crippen LogP contribution in [-0.2, 0) is 6.54 Å². The van der Waals surface area contributed by atoms with Crippen molar-refractivity contribution in [3.63, 3.8) is 0 Å². The topological polar surface area (TPSA) is 15.3 Å². The Kier molecular flexibility index (Phi) is 4.88. The molecule has 3 heteroatoms. The number of hydrogen-bond acceptors (Lipinski definition) is 2. The third-order valence-electron chi connectivity index (χ3n) is 5.32. The van der Waals surface area contributed by atoms with E-state index in [1.807, 2.05) is 12.1 Å². The highest BCUT2D eigenvalue weighted by Crippen LogP contribution is 2.36. The van der Waals surface area contributed by atoms with Gasteiger partial charge in [0.15, 0.2) is 0 Å². The minimum absolute atomic E-state index is 0.671. The van der Waals surface area contributed by atoms with Crippen LogP contribution in [0.2, 0.25) is 5.02 Å². The maximum Gasteiger partial charge on any atom is 0.0450 e. The summed E-state index contributed by atoms with van der Waals surface area (Å²) >= 11 is 6.28. The summed E-state index contributed by atoms with van der Waals surface area (Å²) in [5, 5.41) is 4.71. The maximum absolute atomic E-state index is 6.28. The maximum atomic E-state index is 6.28. The van der Waals surface area contributed by atoms with Crippen LogP contribution in [0.25, 0.3) is 0 Å². The lowest BCUT2D eigenvalue weighted by atomic mass is 9.73. The smallest absolute Gasteiger partial charge is 0.0450 e. The number of rotatable bonds is 4. The SMILES string of the molecule is CC(C)N1CC2CCCC(C1)C2NCc1ccccc1Cl. The number of nitrogens with one attached hydrogen (secondary N) is 1. The molecule has 1 aromatic carbocycles. The molecule has 3 rings (SSSR count). The van der Waals surface area contributed by atoms with E-state index in [9.17, 15) is 0 Å². The minimum Gasteiger partial charge on any atom is -0.309 e. The number of hydrogen-bond donors (Lipinski definition) is 1. The van der Waals surface area contributed by atoms with Crippen molar-refractivity contribution < 1.29 is 0 Å². The van der Waals surface area contributed by atoms with Crippen molar-refractivity contribution in [2.45, 2.75) is 51.7 Å². The predicted molar refractivity (Wildman–Crippen MR) is 89.6 cm³/mol. The van der Waals surface area contributed by atoms with Crippen molar-refractivity contribution in [2.75, 3.05) is 13.1 Å². The molecule has 0 amide bonds. The van der Waals surface area contributed by atoms with Crippen LogP contribution in [-0.4, -0.2) is 30.1 Å². The molecule has 1 aliphatic carbocycles. The average Bonchev–Trinajstić information content (AvgIpc) is 2.45. The highest BCUT2D eigenvalue weighted by Gasteiger charge is 2.39. The van der Waals surface area contributed by atoms with Crippen molar-refractivity contribution in [3.05, 3.63) is 34.9 Å². The predicted octanol–water partition coefficient (Wildman–Crippen LogP) is 3.94. The number of benzene rings is 1. The zero-order valence-electron chi connectivity index (χ0n) is 13.2. The van der Waals surface area contributed by atoms with Gasteiger partial charge in [-0.15, -0.1) is 0 Å². The Labute approximate surface area is 133 Å². The van der Waals surface area contributed by atoms with Crippen LogP contribution >= 0.6 is 11.6 Å². The van der Waals surface area contributed by atoms with Crippen LogP contribution in [0.3, 0.4) is 0 Å². The van der Waals surface area contributed by atoms with Gasteiger partial charge in [-0.05, 0) is 50.2 Å². The van der Waals surface area contributed by atoms with Gasteiger partial charge < -0.3 is 10.2 Å². The fraction of sp³-hybridized carbons (Fsp3) is 0.667. The second kappa shape index (κ2) is 6.68. The summed E-state index contributed by atoms with van der Waals surface area (Å²) in [4.78, 5) is 2.67. The molecule has 2 unspecified atom stereocenters. The summed E-state index contributed by atoms with van der Waals surface area (Å²) in [6.45, 7) is 8.07. The van der Waals surface area contributed by atoms with Crippen LogP contribution in [0.1, 0.15) is 38.7 Å². The fourth-order valence-electron chi connectivity index (χ4n) is 4.10. The van der Waals surface area contributed by atoms with Crippen molar-refractivity contribution in [1.82, 2.24) is 10.2 Å². The second-order valence-electron chi connectivity index (χ2n) is 7.00. The van der Waals surface area contributed by atoms with E-state index in [4.69, 9.17) is 11.6 Å². The Hall–Kier alpha value is -0.570. The molecule has 2 bridgehead atoms. The van der Waals surface area contributed by atoms with Gasteiger partial charge in [0.05, 0.1) is 0 Å². The Morgan fingerprint density at radius 2 is 1.86 bits per heavy atom. The number of fused-ring (bicyclic) bond motifs is 2. The quantitative estimate of drug-likeness (QED) is 0.906. The van der Waals surface area contributed by atoms with Gasteiger partial charge in [-0.1, -0.05) is 36.2 Å². The standard InChI is InChI=1S/C18H27ClN2/c1-13(2)21-11-15-7-5-8-16(12-21)18(15)20-10-14-6-3-4-9-17(14)19/h3-4,6,9,13,15-16,18,20H,5,7-8,10-12H2,1-2H3. The lowest BCUT2D eigenvalue weighted by molar-refractivity contribution is 0.0290. The first-order valence-corrected chi connectivity index (χ1v) is 8.74. The van der Waals surface area contributed by atoms with Crippen LogP contribution in [0.5, 0.6) is 0 Å². The molecule has 0 radical (unpaired) electrons. The normalized spacial score (nSPS) is 29.8. The molecule has 0 aromatic heterocycles. The van der Waals surface area contributed by atoms with E-state index in [2.05, 4.69) is 36.2 Å². The largest absolute Gasteiger partial charge is 0.309 e. The molecule has 1 saturated carbocycles. The molecule has 2 fully saturated rings. The van der Waals surface area contributed by atoms with E-state index in [1.165, 1.54) is 37.9 Å². The van der Waals surface area contributed by atoms with Crippen molar-refractivity contribution >= 4 is 11.6 Å². The lowest BCUT2D eigenvalue weighted by Gasteiger charge is -2.49. The van der Waals surface area contributed by atoms with Crippen molar-refractivity contribution in [3.8, 4) is 0 Å². The Morgan fingerprint density at radius 3 is 2.48 bits per heavy atom. The summed E-state index contributed by atoms with van der Waals surface area (Å²) in [6, 6.07) is 9.55. The molecule has 2 nitrogen and oxygen atoms in total. The molecule has 1 saturated heterocycles. The average molecular weight is 307 g/mol. The molecular weight excluding hydrogens is 280 g/mol. The van der Waals surface area contributed by atoms with E-state index < -0.39 is 0 Å². The van der Waals surface area contributed by atoms with Crippen LogP contribution in [0.4, 0.5) is 0 Å². The first kappa shape index (κ1) is 15.3. The summed E-state index contributed by atoms with van der Waals surface area (Å²) in [7, 11) is 0. The number of nitrogens with zero attached hydrogens (tertiary/aromatic N) is 1. The van der Waals surface area contributed by atoms with Crippen molar-refractivity contribution in [1.29, 1.82) is 0 Å². The first-order valence-electron chi connectivity index (χ1n) is 8.36. The number of likely N-dealkylation sites (tertiary alicyclic amines) is 1. The zero-order valence-corrected chi connectivity index (χ0v) is 13.9. The van der Waals surface area contributed by atoms with E-state index in [0.717, 1.165) is 23.4 Å². The Morgan fingerprint density at radius 1 is 1.19 bits per heavy atom. The molecule has 1 heterocycles. The van der Waals surface area contributed by atoms with E-state index in [-0.39, 0.29) is 0 Å². The van der Waals surface area contributed by atoms with Gasteiger partial charge in [0.25, 0.3) is 0 Å². The van der Waals surface area contributed by atoms with Crippen LogP contribution in [0, 0.1) is 11.8 Å². The number of halogens is 1. The van der Waals surface area contributed by atoms with Crippen molar-refractivity contribution in [2.24, 2.45) is 11.8 Å². The summed E-state index contributed by atoms with van der Waals surface area (Å²) in [5.74, 6) is 1.62. The van der Waals surface area contributed by atoms with Gasteiger partial charge >= 0.3 is 0 Å². The molecule has 1 aliphatic heterocycles. The molecule has 1 aromatic rings. The number of piperidine rings is 1. The summed E-state index contributed by atoms with van der Waals surface area (Å²) in [6.07, 6.45) is 4.16. The van der Waals surface area contributed by atoms with Gasteiger partial charge in [0, 0.05) is 36.7 Å². The second-order valence-corrected chi connectivity index (χ2v) is 7.40. The Balaban J connectivity index is 1.64. The van der Waals surface area contributed by atoms with E-state index in [0.29, 0.717) is 12.1 Å². The van der Waals surface area contributed by atoms with Crippen LogP contribution < -0.4 is 5.32 Å². The van der Waals surface area contributed by atoms with Gasteiger partial charge in [0.1, 0.15) is 0 Å². The summed E-state index contributed by atoms with van der Waals surface area (Å²) < 4.78 is 0. The molecular formula is C18H27ClN2. The van der Waals surface area contributed by atoms with Gasteiger partial charge in [-0.25, -0.2) is 0 Å². The molecule has 2 aliphatic rings. The molecule has 2 atom stereocenters. The molecule has 1 N–H and O–H groups in total. The minimum atomic E-state index is 0.671. The monoisotopic (exact) mass is 306 g/mol.